The van der Waals surface area contributed by atoms with Gasteiger partial charge in [0.05, 0.1) is 19.0 Å². The van der Waals surface area contributed by atoms with Crippen LogP contribution in [-0.4, -0.2) is 58.0 Å². The van der Waals surface area contributed by atoms with Gasteiger partial charge in [0, 0.05) is 32.2 Å². The molecule has 1 saturated heterocycles. The predicted molar refractivity (Wildman–Crippen MR) is 114 cm³/mol. The van der Waals surface area contributed by atoms with Crippen molar-refractivity contribution in [2.45, 2.75) is 25.6 Å². The van der Waals surface area contributed by atoms with Crippen molar-refractivity contribution >= 4 is 11.8 Å². The largest absolute Gasteiger partial charge is 0.419 e. The third-order valence-corrected chi connectivity index (χ3v) is 5.37. The molecule has 1 aliphatic rings. The highest BCUT2D eigenvalue weighted by molar-refractivity contribution is 5.88. The van der Waals surface area contributed by atoms with Crippen LogP contribution in [0.25, 0.3) is 11.5 Å². The quantitative estimate of drug-likeness (QED) is 0.610. The van der Waals surface area contributed by atoms with E-state index in [1.807, 2.05) is 35.2 Å². The molecule has 2 amide bonds. The third kappa shape index (κ3) is 5.17. The molecule has 0 radical (unpaired) electrons. The summed E-state index contributed by atoms with van der Waals surface area (Å²) in [6.45, 7) is 1.58. The number of carbonyl (C=O) groups excluding carboxylic acids is 2. The number of nitrogens with one attached hydrogen (secondary N) is 1. The Morgan fingerprint density at radius 3 is 2.81 bits per heavy atom. The van der Waals surface area contributed by atoms with Crippen molar-refractivity contribution in [3.05, 3.63) is 71.9 Å². The molecule has 9 heteroatoms. The molecule has 0 saturated carbocycles. The summed E-state index contributed by atoms with van der Waals surface area (Å²) in [6.07, 6.45) is -0.00265. The van der Waals surface area contributed by atoms with Gasteiger partial charge >= 0.3 is 0 Å². The number of hydrogen-bond acceptors (Lipinski definition) is 6. The van der Waals surface area contributed by atoms with E-state index in [0.717, 1.165) is 11.1 Å². The molecule has 32 heavy (non-hydrogen) atoms. The molecule has 166 valence electrons. The predicted octanol–water partition coefficient (Wildman–Crippen LogP) is 2.22. The van der Waals surface area contributed by atoms with Gasteiger partial charge in [-0.2, -0.15) is 0 Å². The number of carbonyl (C=O) groups is 2. The van der Waals surface area contributed by atoms with E-state index in [1.54, 1.807) is 19.2 Å². The third-order valence-electron chi connectivity index (χ3n) is 5.37. The van der Waals surface area contributed by atoms with Gasteiger partial charge in [0.1, 0.15) is 5.82 Å². The lowest BCUT2D eigenvalue weighted by atomic mass is 10.1. The summed E-state index contributed by atoms with van der Waals surface area (Å²) in [6, 6.07) is 15.0. The van der Waals surface area contributed by atoms with Crippen molar-refractivity contribution in [2.75, 3.05) is 20.1 Å². The number of piperazine rings is 1. The number of rotatable bonds is 7. The Morgan fingerprint density at radius 1 is 1.22 bits per heavy atom. The standard InChI is InChI=1S/C23H24FN5O3/c1-28(15-20-26-27-23(32-20)17-7-3-2-4-8-17)21(30)13-19-22(31)25-10-11-29(19)14-16-6-5-9-18(24)12-16/h2-9,12,19H,10-11,13-15H2,1H3,(H,25,31)/t19-/m0/s1. The zero-order chi connectivity index (χ0) is 22.5. The molecular weight excluding hydrogens is 413 g/mol. The van der Waals surface area contributed by atoms with Crippen LogP contribution in [0.5, 0.6) is 0 Å². The highest BCUT2D eigenvalue weighted by atomic mass is 19.1. The second-order valence-corrected chi connectivity index (χ2v) is 7.73. The summed E-state index contributed by atoms with van der Waals surface area (Å²) in [5.41, 5.74) is 1.55. The van der Waals surface area contributed by atoms with Gasteiger partial charge in [-0.1, -0.05) is 30.3 Å². The van der Waals surface area contributed by atoms with Crippen molar-refractivity contribution in [1.82, 2.24) is 25.3 Å². The van der Waals surface area contributed by atoms with Crippen LogP contribution >= 0.6 is 0 Å². The van der Waals surface area contributed by atoms with Gasteiger partial charge in [0.15, 0.2) is 0 Å². The Kier molecular flexibility index (Phi) is 6.55. The maximum atomic E-state index is 13.5. The molecule has 0 bridgehead atoms. The van der Waals surface area contributed by atoms with E-state index >= 15 is 0 Å². The highest BCUT2D eigenvalue weighted by Gasteiger charge is 2.32. The minimum Gasteiger partial charge on any atom is -0.419 e. The normalized spacial score (nSPS) is 16.6. The van der Waals surface area contributed by atoms with Crippen LogP contribution in [0.15, 0.2) is 59.0 Å². The molecule has 4 rings (SSSR count). The molecule has 2 aromatic carbocycles. The molecule has 1 aliphatic heterocycles. The Hall–Kier alpha value is -3.59. The fourth-order valence-electron chi connectivity index (χ4n) is 3.67. The minimum atomic E-state index is -0.635. The Morgan fingerprint density at radius 2 is 2.03 bits per heavy atom. The summed E-state index contributed by atoms with van der Waals surface area (Å²) < 4.78 is 19.2. The van der Waals surface area contributed by atoms with E-state index in [4.69, 9.17) is 4.42 Å². The Balaban J connectivity index is 1.39. The van der Waals surface area contributed by atoms with Gasteiger partial charge in [-0.3, -0.25) is 14.5 Å². The van der Waals surface area contributed by atoms with Crippen molar-refractivity contribution in [2.24, 2.45) is 0 Å². The molecule has 0 unspecified atom stereocenters. The lowest BCUT2D eigenvalue weighted by Gasteiger charge is -2.35. The fourth-order valence-corrected chi connectivity index (χ4v) is 3.67. The number of benzene rings is 2. The molecule has 0 aliphatic carbocycles. The summed E-state index contributed by atoms with van der Waals surface area (Å²) in [5, 5.41) is 10.9. The first-order valence-corrected chi connectivity index (χ1v) is 10.4. The van der Waals surface area contributed by atoms with Crippen LogP contribution in [0.2, 0.25) is 0 Å². The number of halogens is 1. The van der Waals surface area contributed by atoms with Crippen molar-refractivity contribution < 1.29 is 18.4 Å². The van der Waals surface area contributed by atoms with Gasteiger partial charge in [-0.05, 0) is 29.8 Å². The number of nitrogens with zero attached hydrogens (tertiary/aromatic N) is 4. The molecular formula is C23H24FN5O3. The molecule has 1 fully saturated rings. The Bertz CT molecular complexity index is 1090. The minimum absolute atomic E-state index is 0.00265. The van der Waals surface area contributed by atoms with Gasteiger partial charge < -0.3 is 14.6 Å². The molecule has 1 atom stereocenters. The van der Waals surface area contributed by atoms with Crippen molar-refractivity contribution in [1.29, 1.82) is 0 Å². The van der Waals surface area contributed by atoms with Crippen LogP contribution in [-0.2, 0) is 22.7 Å². The van der Waals surface area contributed by atoms with Gasteiger partial charge in [-0.25, -0.2) is 4.39 Å². The average molecular weight is 437 g/mol. The number of hydrogen-bond donors (Lipinski definition) is 1. The van der Waals surface area contributed by atoms with E-state index in [0.29, 0.717) is 31.4 Å². The summed E-state index contributed by atoms with van der Waals surface area (Å²) in [4.78, 5) is 28.7. The molecule has 1 N–H and O–H groups in total. The van der Waals surface area contributed by atoms with Crippen LogP contribution in [0.3, 0.4) is 0 Å². The van der Waals surface area contributed by atoms with Crippen LogP contribution in [0.1, 0.15) is 17.9 Å². The monoisotopic (exact) mass is 437 g/mol. The van der Waals surface area contributed by atoms with E-state index in [2.05, 4.69) is 15.5 Å². The SMILES string of the molecule is CN(Cc1nnc(-c2ccccc2)o1)C(=O)C[C@H]1C(=O)NCCN1Cc1cccc(F)c1. The average Bonchev–Trinajstić information content (AvgIpc) is 3.25. The van der Waals surface area contributed by atoms with Gasteiger partial charge in [0.25, 0.3) is 0 Å². The first-order chi connectivity index (χ1) is 15.5. The lowest BCUT2D eigenvalue weighted by Crippen LogP contribution is -2.56. The molecule has 0 spiro atoms. The zero-order valence-electron chi connectivity index (χ0n) is 17.7. The molecule has 8 nitrogen and oxygen atoms in total. The molecule has 2 heterocycles. The van der Waals surface area contributed by atoms with Crippen LogP contribution in [0, 0.1) is 5.82 Å². The summed E-state index contributed by atoms with van der Waals surface area (Å²) in [5.74, 6) is -0.0705. The summed E-state index contributed by atoms with van der Waals surface area (Å²) >= 11 is 0. The lowest BCUT2D eigenvalue weighted by molar-refractivity contribution is -0.138. The maximum absolute atomic E-state index is 13.5. The fraction of sp³-hybridized carbons (Fsp3) is 0.304. The topological polar surface area (TPSA) is 91.6 Å². The maximum Gasteiger partial charge on any atom is 0.247 e. The number of aromatic nitrogens is 2. The van der Waals surface area contributed by atoms with E-state index in [9.17, 15) is 14.0 Å². The number of amides is 2. The first-order valence-electron chi connectivity index (χ1n) is 10.4. The van der Waals surface area contributed by atoms with Crippen molar-refractivity contribution in [3.63, 3.8) is 0 Å². The molecule has 3 aromatic rings. The Labute approximate surface area is 185 Å². The highest BCUT2D eigenvalue weighted by Crippen LogP contribution is 2.19. The second-order valence-electron chi connectivity index (χ2n) is 7.73. The second kappa shape index (κ2) is 9.69. The van der Waals surface area contributed by atoms with Crippen LogP contribution < -0.4 is 5.32 Å². The van der Waals surface area contributed by atoms with Gasteiger partial charge in [0.2, 0.25) is 23.6 Å². The summed E-state index contributed by atoms with van der Waals surface area (Å²) in [7, 11) is 1.63. The first kappa shape index (κ1) is 21.6. The zero-order valence-corrected chi connectivity index (χ0v) is 17.7. The smallest absolute Gasteiger partial charge is 0.247 e. The van der Waals surface area contributed by atoms with Gasteiger partial charge in [-0.15, -0.1) is 10.2 Å². The van der Waals surface area contributed by atoms with E-state index < -0.39 is 6.04 Å². The van der Waals surface area contributed by atoms with E-state index in [-0.39, 0.29) is 30.6 Å². The van der Waals surface area contributed by atoms with Crippen LogP contribution in [0.4, 0.5) is 4.39 Å². The molecule has 1 aromatic heterocycles. The van der Waals surface area contributed by atoms with E-state index in [1.165, 1.54) is 17.0 Å². The van der Waals surface area contributed by atoms with Crippen molar-refractivity contribution in [3.8, 4) is 11.5 Å².